The molecule has 0 saturated heterocycles. The van der Waals surface area contributed by atoms with Crippen LogP contribution in [0.4, 0.5) is 11.4 Å². The summed E-state index contributed by atoms with van der Waals surface area (Å²) in [7, 11) is 1.50. The van der Waals surface area contributed by atoms with E-state index in [4.69, 9.17) is 4.74 Å². The minimum atomic E-state index is -0.404. The number of carbonyl (C=O) groups is 3. The van der Waals surface area contributed by atoms with Crippen LogP contribution < -0.4 is 15.4 Å². The van der Waals surface area contributed by atoms with Gasteiger partial charge in [-0.25, -0.2) is 0 Å². The Hall–Kier alpha value is -3.61. The van der Waals surface area contributed by atoms with Crippen molar-refractivity contribution in [3.05, 3.63) is 59.8 Å². The van der Waals surface area contributed by atoms with E-state index in [0.717, 1.165) is 11.1 Å². The van der Waals surface area contributed by atoms with E-state index in [1.807, 2.05) is 30.3 Å². The number of benzene rings is 2. The maximum absolute atomic E-state index is 12.8. The van der Waals surface area contributed by atoms with Gasteiger partial charge in [-0.3, -0.25) is 14.4 Å². The molecule has 0 unspecified atom stereocenters. The van der Waals surface area contributed by atoms with Gasteiger partial charge in [0.05, 0.1) is 25.3 Å². The number of rotatable bonds is 5. The molecule has 0 bridgehead atoms. The summed E-state index contributed by atoms with van der Waals surface area (Å²) in [6.45, 7) is 2.88. The minimum absolute atomic E-state index is 0.0778. The molecule has 1 heterocycles. The number of hydrogen-bond donors (Lipinski definition) is 2. The molecule has 1 aliphatic rings. The summed E-state index contributed by atoms with van der Waals surface area (Å²) in [6.07, 6.45) is 3.65. The Balaban J connectivity index is 1.83. The maximum Gasteiger partial charge on any atom is 0.226 e. The molecule has 7 heteroatoms. The maximum atomic E-state index is 12.8. The van der Waals surface area contributed by atoms with Crippen LogP contribution in [-0.2, 0) is 14.4 Å². The molecule has 0 spiro atoms. The molecule has 150 valence electrons. The number of hydrogen-bond acceptors (Lipinski definition) is 4. The highest BCUT2D eigenvalue weighted by Crippen LogP contribution is 2.34. The summed E-state index contributed by atoms with van der Waals surface area (Å²) in [5, 5.41) is 5.51. The Labute approximate surface area is 169 Å². The predicted octanol–water partition coefficient (Wildman–Crippen LogP) is 3.56. The molecule has 0 fully saturated rings. The molecule has 0 radical (unpaired) electrons. The van der Waals surface area contributed by atoms with Gasteiger partial charge in [0.2, 0.25) is 17.7 Å². The largest absolute Gasteiger partial charge is 0.495 e. The Kier molecular flexibility index (Phi) is 5.97. The molecule has 0 aliphatic carbocycles. The summed E-state index contributed by atoms with van der Waals surface area (Å²) < 4.78 is 5.31. The van der Waals surface area contributed by atoms with E-state index in [2.05, 4.69) is 10.6 Å². The first-order valence-electron chi connectivity index (χ1n) is 9.20. The molecule has 2 aromatic carbocycles. The zero-order valence-corrected chi connectivity index (χ0v) is 16.6. The van der Waals surface area contributed by atoms with Crippen LogP contribution in [0.1, 0.15) is 37.4 Å². The van der Waals surface area contributed by atoms with Crippen molar-refractivity contribution in [1.29, 1.82) is 0 Å². The predicted molar refractivity (Wildman–Crippen MR) is 111 cm³/mol. The van der Waals surface area contributed by atoms with E-state index in [1.54, 1.807) is 29.3 Å². The fourth-order valence-electron chi connectivity index (χ4n) is 3.38. The monoisotopic (exact) mass is 393 g/mol. The quantitative estimate of drug-likeness (QED) is 0.813. The van der Waals surface area contributed by atoms with Crippen LogP contribution in [0.5, 0.6) is 5.75 Å². The highest BCUT2D eigenvalue weighted by molar-refractivity contribution is 5.95. The van der Waals surface area contributed by atoms with Gasteiger partial charge in [-0.05, 0) is 35.4 Å². The van der Waals surface area contributed by atoms with Gasteiger partial charge in [-0.1, -0.05) is 24.3 Å². The normalized spacial score (nSPS) is 14.7. The average molecular weight is 393 g/mol. The van der Waals surface area contributed by atoms with Gasteiger partial charge in [0.1, 0.15) is 5.75 Å². The van der Waals surface area contributed by atoms with E-state index >= 15 is 0 Å². The van der Waals surface area contributed by atoms with Gasteiger partial charge in [0.15, 0.2) is 0 Å². The lowest BCUT2D eigenvalue weighted by Crippen LogP contribution is -2.33. The molecule has 3 rings (SSSR count). The number of carbonyl (C=O) groups excluding carboxylic acids is 3. The number of fused-ring (bicyclic) bond motifs is 1. The van der Waals surface area contributed by atoms with Crippen LogP contribution in [0.25, 0.3) is 6.08 Å². The smallest absolute Gasteiger partial charge is 0.226 e. The van der Waals surface area contributed by atoms with Crippen molar-refractivity contribution in [3.8, 4) is 5.75 Å². The lowest BCUT2D eigenvalue weighted by molar-refractivity contribution is -0.129. The van der Waals surface area contributed by atoms with Crippen LogP contribution >= 0.6 is 0 Å². The Morgan fingerprint density at radius 2 is 1.83 bits per heavy atom. The number of anilines is 2. The van der Waals surface area contributed by atoms with Crippen LogP contribution in [0.2, 0.25) is 0 Å². The lowest BCUT2D eigenvalue weighted by atomic mass is 9.93. The SMILES string of the molecule is COc1ccc(NC(C)=O)cc1NC(=O)C[C@@H]1c2ccccc2C=CN1C(C)=O. The van der Waals surface area contributed by atoms with Crippen molar-refractivity contribution in [3.63, 3.8) is 0 Å². The van der Waals surface area contributed by atoms with E-state index in [1.165, 1.54) is 21.0 Å². The van der Waals surface area contributed by atoms with Crippen molar-refractivity contribution in [1.82, 2.24) is 4.90 Å². The minimum Gasteiger partial charge on any atom is -0.495 e. The Bertz CT molecular complexity index is 984. The zero-order chi connectivity index (χ0) is 21.0. The summed E-state index contributed by atoms with van der Waals surface area (Å²) in [5.41, 5.74) is 2.88. The van der Waals surface area contributed by atoms with Gasteiger partial charge in [0.25, 0.3) is 0 Å². The van der Waals surface area contributed by atoms with Crippen LogP contribution in [0.3, 0.4) is 0 Å². The second-order valence-corrected chi connectivity index (χ2v) is 6.74. The number of ether oxygens (including phenoxy) is 1. The molecule has 0 saturated carbocycles. The molecule has 3 amide bonds. The molecule has 2 N–H and O–H groups in total. The zero-order valence-electron chi connectivity index (χ0n) is 16.6. The summed E-state index contributed by atoms with van der Waals surface area (Å²) >= 11 is 0. The van der Waals surface area contributed by atoms with Gasteiger partial charge in [-0.2, -0.15) is 0 Å². The third-order valence-corrected chi connectivity index (χ3v) is 4.64. The number of amides is 3. The number of nitrogens with zero attached hydrogens (tertiary/aromatic N) is 1. The molecule has 1 atom stereocenters. The molecule has 29 heavy (non-hydrogen) atoms. The first-order valence-corrected chi connectivity index (χ1v) is 9.20. The van der Waals surface area contributed by atoms with Gasteiger partial charge >= 0.3 is 0 Å². The fourth-order valence-corrected chi connectivity index (χ4v) is 3.38. The van der Waals surface area contributed by atoms with E-state index in [9.17, 15) is 14.4 Å². The van der Waals surface area contributed by atoms with Crippen molar-refractivity contribution in [2.24, 2.45) is 0 Å². The number of methoxy groups -OCH3 is 1. The topological polar surface area (TPSA) is 87.7 Å². The Morgan fingerprint density at radius 3 is 2.52 bits per heavy atom. The van der Waals surface area contributed by atoms with Gasteiger partial charge < -0.3 is 20.3 Å². The van der Waals surface area contributed by atoms with Gasteiger partial charge in [-0.15, -0.1) is 0 Å². The summed E-state index contributed by atoms with van der Waals surface area (Å²) in [6, 6.07) is 12.3. The molecular formula is C22H23N3O4. The summed E-state index contributed by atoms with van der Waals surface area (Å²) in [4.78, 5) is 37.8. The lowest BCUT2D eigenvalue weighted by Gasteiger charge is -2.32. The fraction of sp³-hybridized carbons (Fsp3) is 0.227. The van der Waals surface area contributed by atoms with Crippen molar-refractivity contribution >= 4 is 35.2 Å². The van der Waals surface area contributed by atoms with E-state index < -0.39 is 6.04 Å². The third kappa shape index (κ3) is 4.63. The molecule has 1 aliphatic heterocycles. The van der Waals surface area contributed by atoms with Crippen LogP contribution in [0.15, 0.2) is 48.7 Å². The molecule has 7 nitrogen and oxygen atoms in total. The first-order chi connectivity index (χ1) is 13.9. The van der Waals surface area contributed by atoms with Gasteiger partial charge in [0, 0.05) is 25.7 Å². The van der Waals surface area contributed by atoms with Crippen LogP contribution in [-0.4, -0.2) is 29.7 Å². The van der Waals surface area contributed by atoms with E-state index in [-0.39, 0.29) is 24.1 Å². The van der Waals surface area contributed by atoms with Crippen molar-refractivity contribution in [2.45, 2.75) is 26.3 Å². The second kappa shape index (κ2) is 8.60. The third-order valence-electron chi connectivity index (χ3n) is 4.64. The standard InChI is InChI=1S/C22H23N3O4/c1-14(26)23-17-8-9-21(29-3)19(12-17)24-22(28)13-20-18-7-5-4-6-16(18)10-11-25(20)15(2)27/h4-12,20H,13H2,1-3H3,(H,23,26)(H,24,28)/t20-/m1/s1. The molecule has 0 aromatic heterocycles. The first kappa shape index (κ1) is 20.1. The molecule has 2 aromatic rings. The Morgan fingerprint density at radius 1 is 1.07 bits per heavy atom. The number of nitrogens with one attached hydrogen (secondary N) is 2. The van der Waals surface area contributed by atoms with Crippen molar-refractivity contribution < 1.29 is 19.1 Å². The molecular weight excluding hydrogens is 370 g/mol. The summed E-state index contributed by atoms with van der Waals surface area (Å²) in [5.74, 6) is -0.154. The second-order valence-electron chi connectivity index (χ2n) is 6.74. The van der Waals surface area contributed by atoms with Crippen molar-refractivity contribution in [2.75, 3.05) is 17.7 Å². The van der Waals surface area contributed by atoms with E-state index in [0.29, 0.717) is 17.1 Å². The highest BCUT2D eigenvalue weighted by Gasteiger charge is 2.28. The highest BCUT2D eigenvalue weighted by atomic mass is 16.5. The van der Waals surface area contributed by atoms with Crippen LogP contribution in [0, 0.1) is 0 Å². The average Bonchev–Trinajstić information content (AvgIpc) is 2.67.